The molecule has 0 saturated carbocycles. The SMILES string of the molecule is C=C(C)[C@H]1COc2c(C)cc3oc4c([C@@H](O)[C@@H](O)C(=C)C)ccc(O)c4c(=O)c3c2[C@@H]1OC(C)=O. The number of ether oxygens (including phenoxy) is 2. The number of benzene rings is 2. The Morgan fingerprint density at radius 3 is 2.46 bits per heavy atom. The zero-order valence-electron chi connectivity index (χ0n) is 20.0. The Bertz CT molecular complexity index is 1450. The first-order valence-electron chi connectivity index (χ1n) is 11.2. The lowest BCUT2D eigenvalue weighted by Gasteiger charge is -2.34. The predicted molar refractivity (Wildman–Crippen MR) is 130 cm³/mol. The van der Waals surface area contributed by atoms with Crippen molar-refractivity contribution in [3.8, 4) is 11.5 Å². The van der Waals surface area contributed by atoms with Gasteiger partial charge in [-0.25, -0.2) is 0 Å². The van der Waals surface area contributed by atoms with Gasteiger partial charge in [-0.05, 0) is 50.1 Å². The van der Waals surface area contributed by atoms with Crippen molar-refractivity contribution in [1.29, 1.82) is 0 Å². The van der Waals surface area contributed by atoms with Crippen LogP contribution in [0.4, 0.5) is 0 Å². The molecule has 0 spiro atoms. The van der Waals surface area contributed by atoms with Gasteiger partial charge in [-0.1, -0.05) is 18.7 Å². The smallest absolute Gasteiger partial charge is 0.303 e. The van der Waals surface area contributed by atoms with Gasteiger partial charge in [0.25, 0.3) is 0 Å². The molecule has 0 fully saturated rings. The summed E-state index contributed by atoms with van der Waals surface area (Å²) in [6.45, 7) is 14.3. The molecule has 4 atom stereocenters. The van der Waals surface area contributed by atoms with Crippen LogP contribution in [0.15, 0.2) is 51.7 Å². The normalized spacial score (nSPS) is 19.0. The number of phenols is 1. The molecule has 0 bridgehead atoms. The van der Waals surface area contributed by atoms with E-state index in [1.807, 2.05) is 0 Å². The number of fused-ring (bicyclic) bond motifs is 4. The van der Waals surface area contributed by atoms with E-state index < -0.39 is 35.6 Å². The maximum Gasteiger partial charge on any atom is 0.303 e. The zero-order chi connectivity index (χ0) is 25.8. The number of aliphatic hydroxyl groups is 2. The first-order valence-corrected chi connectivity index (χ1v) is 11.2. The Morgan fingerprint density at radius 1 is 1.17 bits per heavy atom. The number of hydrogen-bond acceptors (Lipinski definition) is 8. The summed E-state index contributed by atoms with van der Waals surface area (Å²) in [5, 5.41) is 31.7. The summed E-state index contributed by atoms with van der Waals surface area (Å²) >= 11 is 0. The summed E-state index contributed by atoms with van der Waals surface area (Å²) in [7, 11) is 0. The number of phenolic OH excluding ortho intramolecular Hbond substituents is 1. The van der Waals surface area contributed by atoms with Crippen molar-refractivity contribution in [2.45, 2.75) is 46.0 Å². The van der Waals surface area contributed by atoms with Gasteiger partial charge in [0.2, 0.25) is 5.43 Å². The molecule has 3 N–H and O–H groups in total. The molecule has 0 unspecified atom stereocenters. The number of esters is 1. The van der Waals surface area contributed by atoms with Crippen LogP contribution in [0.2, 0.25) is 0 Å². The average Bonchev–Trinajstić information content (AvgIpc) is 2.77. The largest absolute Gasteiger partial charge is 0.507 e. The minimum atomic E-state index is -1.44. The van der Waals surface area contributed by atoms with Crippen molar-refractivity contribution in [3.63, 3.8) is 0 Å². The maximum atomic E-state index is 13.9. The molecule has 2 aromatic carbocycles. The molecule has 4 rings (SSSR count). The van der Waals surface area contributed by atoms with Crippen molar-refractivity contribution >= 4 is 27.9 Å². The highest BCUT2D eigenvalue weighted by Gasteiger charge is 2.38. The number of aryl methyl sites for hydroxylation is 1. The zero-order valence-corrected chi connectivity index (χ0v) is 20.0. The number of carbonyl (C=O) groups excluding carboxylic acids is 1. The molecular weight excluding hydrogens is 452 g/mol. The van der Waals surface area contributed by atoms with Gasteiger partial charge >= 0.3 is 5.97 Å². The van der Waals surface area contributed by atoms with Crippen LogP contribution in [0.5, 0.6) is 11.5 Å². The molecule has 1 aliphatic heterocycles. The molecule has 0 aliphatic carbocycles. The quantitative estimate of drug-likeness (QED) is 0.283. The van der Waals surface area contributed by atoms with Crippen LogP contribution in [0.3, 0.4) is 0 Å². The highest BCUT2D eigenvalue weighted by Crippen LogP contribution is 2.46. The summed E-state index contributed by atoms with van der Waals surface area (Å²) in [5.74, 6) is -0.890. The molecule has 3 aromatic rings. The second-order valence-corrected chi connectivity index (χ2v) is 9.15. The van der Waals surface area contributed by atoms with Crippen LogP contribution in [0.25, 0.3) is 21.9 Å². The van der Waals surface area contributed by atoms with E-state index in [9.17, 15) is 24.9 Å². The summed E-state index contributed by atoms with van der Waals surface area (Å²) in [6.07, 6.45) is -3.61. The van der Waals surface area contributed by atoms with E-state index in [-0.39, 0.29) is 39.9 Å². The van der Waals surface area contributed by atoms with Gasteiger partial charge < -0.3 is 29.2 Å². The third-order valence-corrected chi connectivity index (χ3v) is 6.40. The van der Waals surface area contributed by atoms with E-state index in [1.165, 1.54) is 19.1 Å². The van der Waals surface area contributed by atoms with E-state index in [1.54, 1.807) is 26.8 Å². The van der Waals surface area contributed by atoms with Crippen molar-refractivity contribution in [3.05, 3.63) is 69.4 Å². The van der Waals surface area contributed by atoms with E-state index in [0.717, 1.165) is 0 Å². The van der Waals surface area contributed by atoms with Crippen molar-refractivity contribution in [2.24, 2.45) is 5.92 Å². The molecule has 184 valence electrons. The third kappa shape index (κ3) is 3.98. The molecule has 1 aliphatic rings. The topological polar surface area (TPSA) is 126 Å². The first kappa shape index (κ1) is 24.5. The van der Waals surface area contributed by atoms with Crippen LogP contribution in [0, 0.1) is 12.8 Å². The first-order chi connectivity index (χ1) is 16.4. The number of rotatable bonds is 5. The maximum absolute atomic E-state index is 13.9. The monoisotopic (exact) mass is 480 g/mol. The lowest BCUT2D eigenvalue weighted by atomic mass is 9.85. The van der Waals surface area contributed by atoms with Crippen LogP contribution in [-0.4, -0.2) is 34.0 Å². The molecule has 2 heterocycles. The predicted octanol–water partition coefficient (Wildman–Crippen LogP) is 4.12. The van der Waals surface area contributed by atoms with Gasteiger partial charge in [-0.15, -0.1) is 0 Å². The van der Waals surface area contributed by atoms with Gasteiger partial charge in [-0.3, -0.25) is 9.59 Å². The van der Waals surface area contributed by atoms with Gasteiger partial charge in [0.1, 0.15) is 46.4 Å². The minimum Gasteiger partial charge on any atom is -0.507 e. The van der Waals surface area contributed by atoms with Gasteiger partial charge in [0, 0.05) is 12.5 Å². The molecule has 0 saturated heterocycles. The van der Waals surface area contributed by atoms with Crippen LogP contribution < -0.4 is 10.2 Å². The molecule has 35 heavy (non-hydrogen) atoms. The Balaban J connectivity index is 2.12. The minimum absolute atomic E-state index is 0.0631. The third-order valence-electron chi connectivity index (χ3n) is 6.40. The van der Waals surface area contributed by atoms with E-state index in [4.69, 9.17) is 13.9 Å². The second kappa shape index (κ2) is 8.87. The number of hydrogen-bond donors (Lipinski definition) is 3. The second-order valence-electron chi connectivity index (χ2n) is 9.15. The highest BCUT2D eigenvalue weighted by atomic mass is 16.6. The van der Waals surface area contributed by atoms with E-state index in [2.05, 4.69) is 13.2 Å². The summed E-state index contributed by atoms with van der Waals surface area (Å²) < 4.78 is 17.8. The Labute approximate surface area is 201 Å². The number of aliphatic hydroxyl groups excluding tert-OH is 2. The highest BCUT2D eigenvalue weighted by molar-refractivity contribution is 5.97. The van der Waals surface area contributed by atoms with E-state index in [0.29, 0.717) is 28.0 Å². The van der Waals surface area contributed by atoms with Crippen molar-refractivity contribution in [2.75, 3.05) is 6.61 Å². The molecule has 8 nitrogen and oxygen atoms in total. The fourth-order valence-electron chi connectivity index (χ4n) is 4.58. The fourth-order valence-corrected chi connectivity index (χ4v) is 4.58. The van der Waals surface area contributed by atoms with Gasteiger partial charge in [0.05, 0.1) is 23.5 Å². The van der Waals surface area contributed by atoms with Crippen LogP contribution in [0.1, 0.15) is 49.7 Å². The summed E-state index contributed by atoms with van der Waals surface area (Å²) in [5.41, 5.74) is 1.65. The van der Waals surface area contributed by atoms with Gasteiger partial charge in [0.15, 0.2) is 0 Å². The lowest BCUT2D eigenvalue weighted by molar-refractivity contribution is -0.150. The molecule has 0 radical (unpaired) electrons. The Hall–Kier alpha value is -3.62. The molecule has 1 aromatic heterocycles. The molecule has 8 heteroatoms. The van der Waals surface area contributed by atoms with Crippen molar-refractivity contribution < 1.29 is 34.0 Å². The Kier molecular flexibility index (Phi) is 6.21. The molecule has 0 amide bonds. The Morgan fingerprint density at radius 2 is 1.86 bits per heavy atom. The molecular formula is C27H28O8. The van der Waals surface area contributed by atoms with E-state index >= 15 is 0 Å². The summed E-state index contributed by atoms with van der Waals surface area (Å²) in [4.78, 5) is 25.9. The lowest BCUT2D eigenvalue weighted by Crippen LogP contribution is -2.31. The average molecular weight is 481 g/mol. The van der Waals surface area contributed by atoms with Gasteiger partial charge in [-0.2, -0.15) is 0 Å². The van der Waals surface area contributed by atoms with Crippen LogP contribution in [-0.2, 0) is 9.53 Å². The standard InChI is InChI=1S/C27H28O8/c1-11(2)16-10-33-25-13(5)9-18-20(21(25)27(16)34-14(6)28)24(32)19-17(29)8-7-15(26(19)35-18)23(31)22(30)12(3)4/h7-9,16,22-23,27,29-31H,1,3,10H2,2,4-6H3/t16-,22+,23-,27-/m1/s1. The number of carbonyl (C=O) groups is 1. The van der Waals surface area contributed by atoms with Crippen molar-refractivity contribution in [1.82, 2.24) is 0 Å². The fraction of sp³-hybridized carbons (Fsp3) is 0.333. The number of aromatic hydroxyl groups is 1. The summed E-state index contributed by atoms with van der Waals surface area (Å²) in [6, 6.07) is 4.26. The van der Waals surface area contributed by atoms with Crippen LogP contribution >= 0.6 is 0 Å².